The normalized spacial score (nSPS) is 13.1. The molecule has 1 heterocycles. The van der Waals surface area contributed by atoms with Gasteiger partial charge in [0.15, 0.2) is 0 Å². The molecule has 0 radical (unpaired) electrons. The third-order valence-corrected chi connectivity index (χ3v) is 5.61. The molecule has 142 valence electrons. The summed E-state index contributed by atoms with van der Waals surface area (Å²) in [7, 11) is -3.95. The molecule has 1 atom stereocenters. The van der Waals surface area contributed by atoms with Crippen LogP contribution in [0.3, 0.4) is 0 Å². The number of ether oxygens (including phenoxy) is 1. The van der Waals surface area contributed by atoms with Gasteiger partial charge in [0.25, 0.3) is 0 Å². The van der Waals surface area contributed by atoms with Crippen LogP contribution in [0.15, 0.2) is 59.6 Å². The van der Waals surface area contributed by atoms with Crippen LogP contribution in [0.1, 0.15) is 24.1 Å². The molecular weight excluding hydrogens is 374 g/mol. The lowest BCUT2D eigenvalue weighted by molar-refractivity contribution is -0.0506. The maximum atomic E-state index is 12.9. The van der Waals surface area contributed by atoms with Gasteiger partial charge in [0.05, 0.1) is 5.52 Å². The molecule has 0 saturated heterocycles. The van der Waals surface area contributed by atoms with E-state index in [1.54, 1.807) is 37.4 Å². The number of alkyl halides is 2. The smallest absolute Gasteiger partial charge is 0.387 e. The lowest BCUT2D eigenvalue weighted by atomic mass is 10.1. The Kier molecular flexibility index (Phi) is 5.38. The molecule has 0 aliphatic heterocycles. The molecule has 1 unspecified atom stereocenters. The predicted molar refractivity (Wildman–Crippen MR) is 98.3 cm³/mol. The van der Waals surface area contributed by atoms with Crippen LogP contribution in [0.5, 0.6) is 5.75 Å². The summed E-state index contributed by atoms with van der Waals surface area (Å²) >= 11 is 0. The molecule has 0 amide bonds. The quantitative estimate of drug-likeness (QED) is 0.683. The molecule has 8 heteroatoms. The summed E-state index contributed by atoms with van der Waals surface area (Å²) in [4.78, 5) is 4.27. The fourth-order valence-electron chi connectivity index (χ4n) is 2.86. The number of fused-ring (bicyclic) bond motifs is 1. The zero-order valence-electron chi connectivity index (χ0n) is 14.7. The van der Waals surface area contributed by atoms with Crippen LogP contribution in [0.25, 0.3) is 10.9 Å². The standard InChI is InChI=1S/C19H18F2N2O3S/c1-12-10-14-6-5-9-17(18(14)22-11-12)27(24,25)23-13(2)15-7-3-4-8-16(15)26-19(20)21/h3-11,13,19,23H,1-2H3. The lowest BCUT2D eigenvalue weighted by Crippen LogP contribution is -2.27. The van der Waals surface area contributed by atoms with E-state index in [0.29, 0.717) is 16.5 Å². The third kappa shape index (κ3) is 4.23. The summed E-state index contributed by atoms with van der Waals surface area (Å²) in [6, 6.07) is 12.0. The Morgan fingerprint density at radius 2 is 1.85 bits per heavy atom. The van der Waals surface area contributed by atoms with E-state index in [1.165, 1.54) is 18.2 Å². The summed E-state index contributed by atoms with van der Waals surface area (Å²) in [5.74, 6) is -0.0747. The maximum Gasteiger partial charge on any atom is 0.387 e. The number of para-hydroxylation sites is 2. The number of pyridine rings is 1. The van der Waals surface area contributed by atoms with Crippen molar-refractivity contribution in [2.45, 2.75) is 31.4 Å². The molecule has 1 aromatic heterocycles. The fourth-order valence-corrected chi connectivity index (χ4v) is 4.26. The Bertz CT molecular complexity index is 1070. The number of benzene rings is 2. The number of aromatic nitrogens is 1. The number of sulfonamides is 1. The van der Waals surface area contributed by atoms with Crippen molar-refractivity contribution in [1.29, 1.82) is 0 Å². The van der Waals surface area contributed by atoms with Crippen LogP contribution < -0.4 is 9.46 Å². The van der Waals surface area contributed by atoms with Crippen molar-refractivity contribution in [3.05, 3.63) is 65.9 Å². The van der Waals surface area contributed by atoms with Gasteiger partial charge in [-0.1, -0.05) is 30.3 Å². The minimum absolute atomic E-state index is 0.0270. The SMILES string of the molecule is Cc1cnc2c(S(=O)(=O)NC(C)c3ccccc3OC(F)F)cccc2c1. The van der Waals surface area contributed by atoms with Crippen molar-refractivity contribution in [1.82, 2.24) is 9.71 Å². The average molecular weight is 392 g/mol. The van der Waals surface area contributed by atoms with E-state index >= 15 is 0 Å². The van der Waals surface area contributed by atoms with Crippen LogP contribution in [0.4, 0.5) is 8.78 Å². The van der Waals surface area contributed by atoms with E-state index in [9.17, 15) is 17.2 Å². The molecule has 0 fully saturated rings. The van der Waals surface area contributed by atoms with Crippen LogP contribution >= 0.6 is 0 Å². The largest absolute Gasteiger partial charge is 0.434 e. The first-order chi connectivity index (χ1) is 12.8. The van der Waals surface area contributed by atoms with Gasteiger partial charge in [0.2, 0.25) is 10.0 Å². The van der Waals surface area contributed by atoms with Crippen LogP contribution in [0, 0.1) is 6.92 Å². The summed E-state index contributed by atoms with van der Waals surface area (Å²) < 4.78 is 58.0. The average Bonchev–Trinajstić information content (AvgIpc) is 2.60. The number of hydrogen-bond acceptors (Lipinski definition) is 4. The third-order valence-electron chi connectivity index (χ3n) is 4.03. The van der Waals surface area contributed by atoms with Crippen molar-refractivity contribution in [2.75, 3.05) is 0 Å². The Labute approximate surface area is 156 Å². The van der Waals surface area contributed by atoms with Gasteiger partial charge in [-0.15, -0.1) is 0 Å². The molecule has 0 spiro atoms. The second-order valence-electron chi connectivity index (χ2n) is 6.10. The van der Waals surface area contributed by atoms with Gasteiger partial charge in [0.1, 0.15) is 10.6 Å². The van der Waals surface area contributed by atoms with E-state index in [4.69, 9.17) is 0 Å². The Morgan fingerprint density at radius 3 is 2.59 bits per heavy atom. The van der Waals surface area contributed by atoms with Gasteiger partial charge < -0.3 is 4.74 Å². The topological polar surface area (TPSA) is 68.3 Å². The zero-order valence-corrected chi connectivity index (χ0v) is 15.5. The first-order valence-corrected chi connectivity index (χ1v) is 9.67. The van der Waals surface area contributed by atoms with Gasteiger partial charge in [0, 0.05) is 23.2 Å². The van der Waals surface area contributed by atoms with Gasteiger partial charge >= 0.3 is 6.61 Å². The van der Waals surface area contributed by atoms with Crippen molar-refractivity contribution in [2.24, 2.45) is 0 Å². The van der Waals surface area contributed by atoms with E-state index in [-0.39, 0.29) is 10.6 Å². The Morgan fingerprint density at radius 1 is 1.11 bits per heavy atom. The molecule has 1 N–H and O–H groups in total. The van der Waals surface area contributed by atoms with Gasteiger partial charge in [-0.3, -0.25) is 4.98 Å². The van der Waals surface area contributed by atoms with Crippen molar-refractivity contribution in [3.8, 4) is 5.75 Å². The number of hydrogen-bond donors (Lipinski definition) is 1. The van der Waals surface area contributed by atoms with Crippen LogP contribution in [0.2, 0.25) is 0 Å². The maximum absolute atomic E-state index is 12.9. The molecule has 0 saturated carbocycles. The molecule has 0 aliphatic rings. The number of nitrogens with zero attached hydrogens (tertiary/aromatic N) is 1. The number of nitrogens with one attached hydrogen (secondary N) is 1. The summed E-state index contributed by atoms with van der Waals surface area (Å²) in [5.41, 5.74) is 1.57. The molecular formula is C19H18F2N2O3S. The first kappa shape index (κ1) is 19.2. The summed E-state index contributed by atoms with van der Waals surface area (Å²) in [6.07, 6.45) is 1.59. The minimum Gasteiger partial charge on any atom is -0.434 e. The monoisotopic (exact) mass is 392 g/mol. The van der Waals surface area contributed by atoms with Crippen molar-refractivity contribution in [3.63, 3.8) is 0 Å². The molecule has 0 aliphatic carbocycles. The molecule has 0 bridgehead atoms. The predicted octanol–water partition coefficient (Wildman–Crippen LogP) is 4.18. The Balaban J connectivity index is 1.96. The van der Waals surface area contributed by atoms with E-state index in [1.807, 2.05) is 13.0 Å². The second-order valence-corrected chi connectivity index (χ2v) is 7.78. The van der Waals surface area contributed by atoms with E-state index < -0.39 is 22.7 Å². The highest BCUT2D eigenvalue weighted by atomic mass is 32.2. The van der Waals surface area contributed by atoms with Gasteiger partial charge in [-0.2, -0.15) is 8.78 Å². The highest BCUT2D eigenvalue weighted by Crippen LogP contribution is 2.29. The van der Waals surface area contributed by atoms with Gasteiger partial charge in [-0.25, -0.2) is 13.1 Å². The highest BCUT2D eigenvalue weighted by molar-refractivity contribution is 7.89. The van der Waals surface area contributed by atoms with Crippen LogP contribution in [-0.2, 0) is 10.0 Å². The van der Waals surface area contributed by atoms with Gasteiger partial charge in [-0.05, 0) is 37.6 Å². The molecule has 3 aromatic rings. The molecule has 27 heavy (non-hydrogen) atoms. The first-order valence-electron chi connectivity index (χ1n) is 8.19. The summed E-state index contributed by atoms with van der Waals surface area (Å²) in [5, 5.41) is 0.701. The fraction of sp³-hybridized carbons (Fsp3) is 0.211. The zero-order chi connectivity index (χ0) is 19.6. The minimum atomic E-state index is -3.95. The van der Waals surface area contributed by atoms with E-state index in [2.05, 4.69) is 14.4 Å². The number of halogens is 2. The van der Waals surface area contributed by atoms with Crippen LogP contribution in [-0.4, -0.2) is 20.0 Å². The highest BCUT2D eigenvalue weighted by Gasteiger charge is 2.23. The van der Waals surface area contributed by atoms with Crippen molar-refractivity contribution < 1.29 is 21.9 Å². The molecule has 2 aromatic carbocycles. The molecule has 5 nitrogen and oxygen atoms in total. The number of rotatable bonds is 6. The Hall–Kier alpha value is -2.58. The second kappa shape index (κ2) is 7.58. The van der Waals surface area contributed by atoms with Crippen molar-refractivity contribution >= 4 is 20.9 Å². The lowest BCUT2D eigenvalue weighted by Gasteiger charge is -2.18. The van der Waals surface area contributed by atoms with E-state index in [0.717, 1.165) is 5.56 Å². The summed E-state index contributed by atoms with van der Waals surface area (Å²) in [6.45, 7) is 0.433. The molecule has 3 rings (SSSR count). The number of aryl methyl sites for hydroxylation is 1.